The number of aliphatic hydroxyl groups is 1. The van der Waals surface area contributed by atoms with E-state index >= 15 is 0 Å². The van der Waals surface area contributed by atoms with Crippen molar-refractivity contribution in [1.82, 2.24) is 9.97 Å². The minimum absolute atomic E-state index is 0.0508. The SMILES string of the molecule is Cc1nc(N[C@H]2C[C@H](Oc3ccc(OC(F)(F)F)cc3)C2)nc2c1NC(O)[C@H](C)N2C. The Balaban J connectivity index is 1.32. The van der Waals surface area contributed by atoms with Gasteiger partial charge in [-0.25, -0.2) is 4.98 Å². The van der Waals surface area contributed by atoms with Crippen LogP contribution in [0, 0.1) is 6.92 Å². The summed E-state index contributed by atoms with van der Waals surface area (Å²) < 4.78 is 46.3. The first kappa shape index (κ1) is 21.3. The van der Waals surface area contributed by atoms with E-state index in [1.807, 2.05) is 25.8 Å². The average Bonchev–Trinajstić information content (AvgIpc) is 2.66. The molecule has 1 aliphatic heterocycles. The van der Waals surface area contributed by atoms with Crippen molar-refractivity contribution in [3.8, 4) is 11.5 Å². The van der Waals surface area contributed by atoms with Gasteiger partial charge in [-0.3, -0.25) is 0 Å². The summed E-state index contributed by atoms with van der Waals surface area (Å²) in [6, 6.07) is 5.35. The second-order valence-electron chi connectivity index (χ2n) is 7.84. The largest absolute Gasteiger partial charge is 0.573 e. The van der Waals surface area contributed by atoms with Crippen LogP contribution in [-0.4, -0.2) is 52.9 Å². The zero-order valence-corrected chi connectivity index (χ0v) is 17.3. The molecule has 0 spiro atoms. The first-order valence-electron chi connectivity index (χ1n) is 9.94. The standard InChI is InChI=1S/C20H24F3N5O3/c1-10-16-17(28(3)11(2)18(29)26-16)27-19(24-10)25-12-8-15(9-12)30-13-4-6-14(7-5-13)31-20(21,22)23/h4-7,11-12,15,18,26,29H,8-9H2,1-3H3,(H,24,25,27)/t11-,12-,15-,18?/m0/s1. The maximum Gasteiger partial charge on any atom is 0.573 e. The Hall–Kier alpha value is -2.95. The van der Waals surface area contributed by atoms with Gasteiger partial charge in [0.2, 0.25) is 5.95 Å². The fraction of sp³-hybridized carbons (Fsp3) is 0.500. The van der Waals surface area contributed by atoms with E-state index in [2.05, 4.69) is 25.3 Å². The van der Waals surface area contributed by atoms with Gasteiger partial charge in [-0.2, -0.15) is 4.98 Å². The highest BCUT2D eigenvalue weighted by Gasteiger charge is 2.34. The zero-order valence-electron chi connectivity index (χ0n) is 17.3. The van der Waals surface area contributed by atoms with Gasteiger partial charge in [0, 0.05) is 25.9 Å². The van der Waals surface area contributed by atoms with E-state index in [1.54, 1.807) is 0 Å². The van der Waals surface area contributed by atoms with Gasteiger partial charge in [0.25, 0.3) is 0 Å². The molecule has 1 aromatic carbocycles. The zero-order chi connectivity index (χ0) is 22.3. The number of nitrogens with zero attached hydrogens (tertiary/aromatic N) is 3. The molecule has 0 bridgehead atoms. The quantitative estimate of drug-likeness (QED) is 0.654. The van der Waals surface area contributed by atoms with Crippen molar-refractivity contribution in [3.05, 3.63) is 30.0 Å². The van der Waals surface area contributed by atoms with E-state index < -0.39 is 12.6 Å². The van der Waals surface area contributed by atoms with Crippen molar-refractivity contribution in [2.24, 2.45) is 0 Å². The number of hydrogen-bond acceptors (Lipinski definition) is 8. The van der Waals surface area contributed by atoms with Crippen LogP contribution in [0.15, 0.2) is 24.3 Å². The lowest BCUT2D eigenvalue weighted by Crippen LogP contribution is -2.48. The van der Waals surface area contributed by atoms with E-state index in [9.17, 15) is 18.3 Å². The molecule has 1 saturated carbocycles. The summed E-state index contributed by atoms with van der Waals surface area (Å²) in [7, 11) is 1.88. The summed E-state index contributed by atoms with van der Waals surface area (Å²) in [6.07, 6.45) is -4.04. The second-order valence-corrected chi connectivity index (χ2v) is 7.84. The van der Waals surface area contributed by atoms with Crippen molar-refractivity contribution < 1.29 is 27.8 Å². The first-order chi connectivity index (χ1) is 14.6. The molecule has 2 aromatic rings. The maximum atomic E-state index is 12.2. The summed E-state index contributed by atoms with van der Waals surface area (Å²) in [5.74, 6) is 1.43. The number of aliphatic hydroxyl groups excluding tert-OH is 1. The number of aromatic nitrogens is 2. The molecule has 2 aliphatic rings. The van der Waals surface area contributed by atoms with Gasteiger partial charge in [-0.05, 0) is 38.1 Å². The summed E-state index contributed by atoms with van der Waals surface area (Å²) >= 11 is 0. The highest BCUT2D eigenvalue weighted by atomic mass is 19.4. The fourth-order valence-electron chi connectivity index (χ4n) is 3.59. The molecule has 2 atom stereocenters. The number of likely N-dealkylation sites (N-methyl/N-ethyl adjacent to an activating group) is 1. The van der Waals surface area contributed by atoms with E-state index in [-0.39, 0.29) is 23.9 Å². The molecular formula is C20H24F3N5O3. The van der Waals surface area contributed by atoms with Crippen LogP contribution < -0.4 is 25.0 Å². The first-order valence-corrected chi connectivity index (χ1v) is 9.94. The fourth-order valence-corrected chi connectivity index (χ4v) is 3.59. The molecule has 2 heterocycles. The van der Waals surface area contributed by atoms with Gasteiger partial charge in [-0.1, -0.05) is 0 Å². The van der Waals surface area contributed by atoms with Gasteiger partial charge in [-0.15, -0.1) is 13.2 Å². The molecule has 4 rings (SSSR count). The second kappa shape index (κ2) is 7.95. The monoisotopic (exact) mass is 439 g/mol. The van der Waals surface area contributed by atoms with Crippen LogP contribution in [0.4, 0.5) is 30.6 Å². The van der Waals surface area contributed by atoms with E-state index in [4.69, 9.17) is 4.74 Å². The highest BCUT2D eigenvalue weighted by Crippen LogP contribution is 2.35. The number of fused-ring (bicyclic) bond motifs is 1. The predicted molar refractivity (Wildman–Crippen MR) is 108 cm³/mol. The number of ether oxygens (including phenoxy) is 2. The number of anilines is 3. The molecule has 1 aliphatic carbocycles. The topological polar surface area (TPSA) is 91.8 Å². The van der Waals surface area contributed by atoms with Gasteiger partial charge >= 0.3 is 6.36 Å². The molecule has 3 N–H and O–H groups in total. The lowest BCUT2D eigenvalue weighted by atomic mass is 9.89. The van der Waals surface area contributed by atoms with E-state index in [0.717, 1.165) is 11.5 Å². The van der Waals surface area contributed by atoms with Crippen LogP contribution in [0.5, 0.6) is 11.5 Å². The number of aryl methyl sites for hydroxylation is 1. The van der Waals surface area contributed by atoms with Crippen LogP contribution in [0.3, 0.4) is 0 Å². The molecule has 8 nitrogen and oxygen atoms in total. The van der Waals surface area contributed by atoms with Crippen molar-refractivity contribution in [1.29, 1.82) is 0 Å². The third-order valence-electron chi connectivity index (χ3n) is 5.55. The lowest BCUT2D eigenvalue weighted by Gasteiger charge is -2.39. The van der Waals surface area contributed by atoms with Gasteiger partial charge in [0.05, 0.1) is 11.7 Å². The molecule has 0 amide bonds. The Morgan fingerprint density at radius 1 is 1.16 bits per heavy atom. The highest BCUT2D eigenvalue weighted by molar-refractivity contribution is 5.72. The van der Waals surface area contributed by atoms with Crippen LogP contribution in [0.1, 0.15) is 25.5 Å². The molecule has 0 saturated heterocycles. The Labute approximate surface area is 177 Å². The van der Waals surface area contributed by atoms with Crippen LogP contribution >= 0.6 is 0 Å². The Bertz CT molecular complexity index is 935. The van der Waals surface area contributed by atoms with Crippen LogP contribution in [0.25, 0.3) is 0 Å². The van der Waals surface area contributed by atoms with Crippen molar-refractivity contribution in [2.45, 2.75) is 57.5 Å². The van der Waals surface area contributed by atoms with Crippen LogP contribution in [-0.2, 0) is 0 Å². The van der Waals surface area contributed by atoms with Gasteiger partial charge in [0.1, 0.15) is 29.5 Å². The predicted octanol–water partition coefficient (Wildman–Crippen LogP) is 3.27. The number of alkyl halides is 3. The smallest absolute Gasteiger partial charge is 0.490 e. The molecule has 168 valence electrons. The van der Waals surface area contributed by atoms with E-state index in [1.165, 1.54) is 24.3 Å². The average molecular weight is 439 g/mol. The number of nitrogens with one attached hydrogen (secondary N) is 2. The number of benzene rings is 1. The lowest BCUT2D eigenvalue weighted by molar-refractivity contribution is -0.274. The maximum absolute atomic E-state index is 12.2. The molecular weight excluding hydrogens is 415 g/mol. The Morgan fingerprint density at radius 2 is 1.81 bits per heavy atom. The van der Waals surface area contributed by atoms with Crippen molar-refractivity contribution in [2.75, 3.05) is 22.6 Å². The number of rotatable bonds is 5. The van der Waals surface area contributed by atoms with Crippen molar-refractivity contribution in [3.63, 3.8) is 0 Å². The van der Waals surface area contributed by atoms with Crippen LogP contribution in [0.2, 0.25) is 0 Å². The van der Waals surface area contributed by atoms with Gasteiger partial charge < -0.3 is 30.1 Å². The third-order valence-corrected chi connectivity index (χ3v) is 5.55. The molecule has 11 heteroatoms. The molecule has 31 heavy (non-hydrogen) atoms. The number of hydrogen-bond donors (Lipinski definition) is 3. The molecule has 1 aromatic heterocycles. The third kappa shape index (κ3) is 4.71. The molecule has 0 radical (unpaired) electrons. The summed E-state index contributed by atoms with van der Waals surface area (Å²) in [4.78, 5) is 11.0. The molecule has 1 fully saturated rings. The number of halogens is 3. The summed E-state index contributed by atoms with van der Waals surface area (Å²) in [5.41, 5.74) is 1.45. The van der Waals surface area contributed by atoms with Crippen molar-refractivity contribution >= 4 is 17.5 Å². The Kier molecular flexibility index (Phi) is 5.46. The minimum atomic E-state index is -4.71. The minimum Gasteiger partial charge on any atom is -0.490 e. The molecule has 1 unspecified atom stereocenters. The normalized spacial score (nSPS) is 25.2. The Morgan fingerprint density at radius 3 is 2.45 bits per heavy atom. The van der Waals surface area contributed by atoms with Gasteiger partial charge in [0.15, 0.2) is 5.82 Å². The summed E-state index contributed by atoms with van der Waals surface area (Å²) in [5, 5.41) is 16.4. The van der Waals surface area contributed by atoms with E-state index in [0.29, 0.717) is 30.2 Å². The summed E-state index contributed by atoms with van der Waals surface area (Å²) in [6.45, 7) is 3.76.